The highest BCUT2D eigenvalue weighted by Gasteiger charge is 2.29. The molecule has 0 spiro atoms. The highest BCUT2D eigenvalue weighted by atomic mass is 16.7. The van der Waals surface area contributed by atoms with E-state index in [4.69, 9.17) is 14.2 Å². The summed E-state index contributed by atoms with van der Waals surface area (Å²) in [5.74, 6) is 0. The monoisotopic (exact) mass is 203 g/mol. The van der Waals surface area contributed by atoms with Crippen molar-refractivity contribution >= 4 is 0 Å². The van der Waals surface area contributed by atoms with E-state index >= 15 is 0 Å². The second-order valence-electron chi connectivity index (χ2n) is 3.93. The average molecular weight is 203 g/mol. The van der Waals surface area contributed by atoms with Gasteiger partial charge >= 0.3 is 0 Å². The third kappa shape index (κ3) is 3.53. The van der Waals surface area contributed by atoms with Crippen molar-refractivity contribution in [2.24, 2.45) is 0 Å². The molecule has 1 fully saturated rings. The molecule has 0 radical (unpaired) electrons. The lowest BCUT2D eigenvalue weighted by Crippen LogP contribution is -2.41. The Bertz CT molecular complexity index is 153. The molecule has 0 aromatic rings. The maximum Gasteiger partial charge on any atom is 0.169 e. The van der Waals surface area contributed by atoms with E-state index in [-0.39, 0.29) is 11.9 Å². The normalized spacial score (nSPS) is 27.4. The molecule has 1 heterocycles. The first-order chi connectivity index (χ1) is 6.70. The fourth-order valence-corrected chi connectivity index (χ4v) is 1.69. The summed E-state index contributed by atoms with van der Waals surface area (Å²) in [6.45, 7) is 4.58. The van der Waals surface area contributed by atoms with E-state index in [1.807, 2.05) is 0 Å². The first kappa shape index (κ1) is 11.9. The summed E-state index contributed by atoms with van der Waals surface area (Å²) < 4.78 is 15.8. The van der Waals surface area contributed by atoms with Gasteiger partial charge in [0.15, 0.2) is 6.29 Å². The summed E-state index contributed by atoms with van der Waals surface area (Å²) in [6, 6.07) is 0. The Morgan fingerprint density at radius 1 is 1.43 bits per heavy atom. The van der Waals surface area contributed by atoms with Crippen molar-refractivity contribution in [2.45, 2.75) is 31.7 Å². The van der Waals surface area contributed by atoms with Crippen LogP contribution in [0.3, 0.4) is 0 Å². The molecule has 1 unspecified atom stereocenters. The largest absolute Gasteiger partial charge is 0.374 e. The standard InChI is InChI=1S/C10H21NO3/c1-10(5-4-6-14-10)8-11-7-9(12-2)13-3/h9,11H,4-8H2,1-3H3. The molecule has 4 heteroatoms. The number of ether oxygens (including phenoxy) is 3. The minimum absolute atomic E-state index is 0.00598. The average Bonchev–Trinajstić information content (AvgIpc) is 2.60. The topological polar surface area (TPSA) is 39.7 Å². The number of methoxy groups -OCH3 is 2. The highest BCUT2D eigenvalue weighted by Crippen LogP contribution is 2.23. The predicted molar refractivity (Wildman–Crippen MR) is 54.3 cm³/mol. The van der Waals surface area contributed by atoms with Crippen molar-refractivity contribution in [3.05, 3.63) is 0 Å². The molecule has 1 aliphatic heterocycles. The molecule has 0 aromatic heterocycles. The molecule has 0 aromatic carbocycles. The summed E-state index contributed by atoms with van der Waals surface area (Å²) in [5.41, 5.74) is 0.00598. The van der Waals surface area contributed by atoms with Gasteiger partial charge in [-0.1, -0.05) is 0 Å². The number of nitrogens with one attached hydrogen (secondary N) is 1. The molecule has 0 amide bonds. The van der Waals surface area contributed by atoms with E-state index in [9.17, 15) is 0 Å². The van der Waals surface area contributed by atoms with Crippen LogP contribution in [0.25, 0.3) is 0 Å². The molecule has 1 N–H and O–H groups in total. The van der Waals surface area contributed by atoms with Crippen LogP contribution < -0.4 is 5.32 Å². The molecule has 0 aliphatic carbocycles. The van der Waals surface area contributed by atoms with Gasteiger partial charge in [0.1, 0.15) is 0 Å². The van der Waals surface area contributed by atoms with E-state index < -0.39 is 0 Å². The van der Waals surface area contributed by atoms with Gasteiger partial charge in [-0.25, -0.2) is 0 Å². The Hall–Kier alpha value is -0.160. The zero-order chi connectivity index (χ0) is 10.4. The first-order valence-corrected chi connectivity index (χ1v) is 5.10. The van der Waals surface area contributed by atoms with Crippen LogP contribution in [-0.2, 0) is 14.2 Å². The zero-order valence-electron chi connectivity index (χ0n) is 9.34. The minimum Gasteiger partial charge on any atom is -0.374 e. The van der Waals surface area contributed by atoms with Crippen molar-refractivity contribution < 1.29 is 14.2 Å². The molecule has 1 atom stereocenters. The van der Waals surface area contributed by atoms with E-state index in [2.05, 4.69) is 12.2 Å². The second-order valence-corrected chi connectivity index (χ2v) is 3.93. The lowest BCUT2D eigenvalue weighted by atomic mass is 10.0. The lowest BCUT2D eigenvalue weighted by Gasteiger charge is -2.24. The molecule has 84 valence electrons. The van der Waals surface area contributed by atoms with Gasteiger partial charge in [-0.3, -0.25) is 0 Å². The summed E-state index contributed by atoms with van der Waals surface area (Å²) in [4.78, 5) is 0. The van der Waals surface area contributed by atoms with Gasteiger partial charge in [0.2, 0.25) is 0 Å². The molecule has 0 bridgehead atoms. The highest BCUT2D eigenvalue weighted by molar-refractivity contribution is 4.82. The molecule has 1 aliphatic rings. The van der Waals surface area contributed by atoms with Crippen molar-refractivity contribution in [3.8, 4) is 0 Å². The first-order valence-electron chi connectivity index (χ1n) is 5.10. The number of hydrogen-bond acceptors (Lipinski definition) is 4. The van der Waals surface area contributed by atoms with Crippen LogP contribution >= 0.6 is 0 Å². The molecular weight excluding hydrogens is 182 g/mol. The van der Waals surface area contributed by atoms with Crippen molar-refractivity contribution in [3.63, 3.8) is 0 Å². The molecular formula is C10H21NO3. The predicted octanol–water partition coefficient (Wildman–Crippen LogP) is 0.764. The number of rotatable bonds is 6. The maximum absolute atomic E-state index is 5.65. The SMILES string of the molecule is COC(CNCC1(C)CCCO1)OC. The second kappa shape index (κ2) is 5.66. The summed E-state index contributed by atoms with van der Waals surface area (Å²) in [6.07, 6.45) is 2.13. The third-order valence-corrected chi connectivity index (χ3v) is 2.64. The van der Waals surface area contributed by atoms with E-state index in [1.165, 1.54) is 0 Å². The van der Waals surface area contributed by atoms with E-state index in [1.54, 1.807) is 14.2 Å². The Labute approximate surface area is 85.9 Å². The van der Waals surface area contributed by atoms with Gasteiger partial charge in [0.25, 0.3) is 0 Å². The maximum atomic E-state index is 5.65. The Morgan fingerprint density at radius 3 is 2.64 bits per heavy atom. The Morgan fingerprint density at radius 2 is 2.14 bits per heavy atom. The Balaban J connectivity index is 2.13. The molecule has 4 nitrogen and oxygen atoms in total. The lowest BCUT2D eigenvalue weighted by molar-refractivity contribution is -0.101. The Kier molecular flexibility index (Phi) is 4.81. The molecule has 1 rings (SSSR count). The van der Waals surface area contributed by atoms with Gasteiger partial charge in [-0.15, -0.1) is 0 Å². The third-order valence-electron chi connectivity index (χ3n) is 2.64. The van der Waals surface area contributed by atoms with E-state index in [0.717, 1.165) is 26.0 Å². The summed E-state index contributed by atoms with van der Waals surface area (Å²) >= 11 is 0. The van der Waals surface area contributed by atoms with Gasteiger partial charge in [-0.05, 0) is 19.8 Å². The molecule has 1 saturated heterocycles. The summed E-state index contributed by atoms with van der Waals surface area (Å²) in [7, 11) is 3.28. The van der Waals surface area contributed by atoms with Crippen LogP contribution in [0.15, 0.2) is 0 Å². The molecule has 0 saturated carbocycles. The zero-order valence-corrected chi connectivity index (χ0v) is 9.34. The van der Waals surface area contributed by atoms with Crippen LogP contribution in [0.1, 0.15) is 19.8 Å². The number of hydrogen-bond donors (Lipinski definition) is 1. The van der Waals surface area contributed by atoms with Gasteiger partial charge in [-0.2, -0.15) is 0 Å². The van der Waals surface area contributed by atoms with Crippen molar-refractivity contribution in [1.82, 2.24) is 5.32 Å². The van der Waals surface area contributed by atoms with Crippen LogP contribution in [0.5, 0.6) is 0 Å². The van der Waals surface area contributed by atoms with Crippen LogP contribution in [0, 0.1) is 0 Å². The van der Waals surface area contributed by atoms with Gasteiger partial charge < -0.3 is 19.5 Å². The smallest absolute Gasteiger partial charge is 0.169 e. The van der Waals surface area contributed by atoms with Crippen LogP contribution in [-0.4, -0.2) is 45.8 Å². The van der Waals surface area contributed by atoms with Crippen LogP contribution in [0.2, 0.25) is 0 Å². The molecule has 14 heavy (non-hydrogen) atoms. The fraction of sp³-hybridized carbons (Fsp3) is 1.00. The minimum atomic E-state index is -0.167. The van der Waals surface area contributed by atoms with Crippen molar-refractivity contribution in [2.75, 3.05) is 33.9 Å². The van der Waals surface area contributed by atoms with Crippen molar-refractivity contribution in [1.29, 1.82) is 0 Å². The fourth-order valence-electron chi connectivity index (χ4n) is 1.69. The van der Waals surface area contributed by atoms with Gasteiger partial charge in [0.05, 0.1) is 5.60 Å². The van der Waals surface area contributed by atoms with Crippen LogP contribution in [0.4, 0.5) is 0 Å². The van der Waals surface area contributed by atoms with Gasteiger partial charge in [0, 0.05) is 33.9 Å². The quantitative estimate of drug-likeness (QED) is 0.647. The van der Waals surface area contributed by atoms with E-state index in [0.29, 0.717) is 6.54 Å². The summed E-state index contributed by atoms with van der Waals surface area (Å²) in [5, 5.41) is 3.29.